The van der Waals surface area contributed by atoms with Crippen molar-refractivity contribution in [2.24, 2.45) is 7.05 Å². The fraction of sp³-hybridized carbons (Fsp3) is 0.375. The summed E-state index contributed by atoms with van der Waals surface area (Å²) in [7, 11) is 1.80. The zero-order valence-electron chi connectivity index (χ0n) is 12.7. The average molecular weight is 321 g/mol. The van der Waals surface area contributed by atoms with E-state index in [1.807, 2.05) is 0 Å². The number of carbonyl (C=O) groups is 1. The lowest BCUT2D eigenvalue weighted by Crippen LogP contribution is -2.46. The number of aliphatic hydroxyl groups is 1. The van der Waals surface area contributed by atoms with Crippen molar-refractivity contribution in [3.63, 3.8) is 0 Å². The predicted molar refractivity (Wildman–Crippen MR) is 78.6 cm³/mol. The zero-order chi connectivity index (χ0) is 16.6. The van der Waals surface area contributed by atoms with Crippen LogP contribution in [0.3, 0.4) is 0 Å². The zero-order valence-corrected chi connectivity index (χ0v) is 12.7. The van der Waals surface area contributed by atoms with Gasteiger partial charge in [0.05, 0.1) is 5.56 Å². The molecule has 7 heteroatoms. The Morgan fingerprint density at radius 1 is 1.30 bits per heavy atom. The molecule has 0 spiro atoms. The van der Waals surface area contributed by atoms with Crippen LogP contribution in [-0.4, -0.2) is 38.6 Å². The van der Waals surface area contributed by atoms with Crippen molar-refractivity contribution in [3.8, 4) is 0 Å². The number of likely N-dealkylation sites (tertiary alicyclic amines) is 1. The molecule has 0 saturated carbocycles. The van der Waals surface area contributed by atoms with Crippen molar-refractivity contribution in [1.29, 1.82) is 0 Å². The Morgan fingerprint density at radius 3 is 2.57 bits per heavy atom. The molecule has 122 valence electrons. The van der Waals surface area contributed by atoms with Crippen molar-refractivity contribution in [2.75, 3.05) is 13.1 Å². The quantitative estimate of drug-likeness (QED) is 0.918. The van der Waals surface area contributed by atoms with Crippen LogP contribution < -0.4 is 0 Å². The first kappa shape index (κ1) is 15.6. The normalized spacial score (nSPS) is 17.3. The first-order valence-electron chi connectivity index (χ1n) is 7.35. The Balaban J connectivity index is 1.74. The summed E-state index contributed by atoms with van der Waals surface area (Å²) < 4.78 is 28.4. The molecule has 0 aliphatic carbocycles. The van der Waals surface area contributed by atoms with Gasteiger partial charge in [0, 0.05) is 51.4 Å². The summed E-state index contributed by atoms with van der Waals surface area (Å²) in [4.78, 5) is 18.0. The average Bonchev–Trinajstić information content (AvgIpc) is 2.94. The van der Waals surface area contributed by atoms with Gasteiger partial charge >= 0.3 is 0 Å². The summed E-state index contributed by atoms with van der Waals surface area (Å²) in [5.74, 6) is -1.54. The highest BCUT2D eigenvalue weighted by Crippen LogP contribution is 2.32. The van der Waals surface area contributed by atoms with Crippen LogP contribution in [0.15, 0.2) is 30.6 Å². The third-order valence-corrected chi connectivity index (χ3v) is 4.28. The van der Waals surface area contributed by atoms with Gasteiger partial charge in [-0.25, -0.2) is 13.8 Å². The predicted octanol–water partition coefficient (Wildman–Crippen LogP) is 1.82. The second-order valence-electron chi connectivity index (χ2n) is 5.81. The van der Waals surface area contributed by atoms with E-state index in [1.165, 1.54) is 4.90 Å². The number of nitrogens with zero attached hydrogens (tertiary/aromatic N) is 3. The van der Waals surface area contributed by atoms with Gasteiger partial charge in [0.25, 0.3) is 5.91 Å². The number of amides is 1. The number of benzene rings is 1. The van der Waals surface area contributed by atoms with E-state index in [0.29, 0.717) is 24.7 Å². The monoisotopic (exact) mass is 321 g/mol. The second kappa shape index (κ2) is 5.73. The van der Waals surface area contributed by atoms with E-state index >= 15 is 0 Å². The van der Waals surface area contributed by atoms with Crippen LogP contribution in [0.1, 0.15) is 29.0 Å². The fourth-order valence-corrected chi connectivity index (χ4v) is 2.95. The first-order chi connectivity index (χ1) is 10.9. The molecule has 1 amide bonds. The van der Waals surface area contributed by atoms with Gasteiger partial charge in [-0.1, -0.05) is 0 Å². The van der Waals surface area contributed by atoms with Crippen LogP contribution in [0.2, 0.25) is 0 Å². The number of halogens is 2. The number of aromatic nitrogens is 2. The molecule has 1 aromatic carbocycles. The smallest absolute Gasteiger partial charge is 0.256 e. The highest BCUT2D eigenvalue weighted by atomic mass is 19.1. The highest BCUT2D eigenvalue weighted by Gasteiger charge is 2.38. The van der Waals surface area contributed by atoms with Crippen LogP contribution in [0, 0.1) is 11.6 Å². The molecule has 1 N–H and O–H groups in total. The minimum atomic E-state index is -1.10. The second-order valence-corrected chi connectivity index (χ2v) is 5.81. The van der Waals surface area contributed by atoms with Crippen LogP contribution in [0.25, 0.3) is 0 Å². The highest BCUT2D eigenvalue weighted by molar-refractivity contribution is 5.94. The molecule has 0 radical (unpaired) electrons. The number of rotatable bonds is 2. The van der Waals surface area contributed by atoms with Gasteiger partial charge in [-0.3, -0.25) is 4.79 Å². The maximum Gasteiger partial charge on any atom is 0.256 e. The summed E-state index contributed by atoms with van der Waals surface area (Å²) in [5.41, 5.74) is -1.26. The van der Waals surface area contributed by atoms with E-state index in [0.717, 1.165) is 12.1 Å². The molecule has 3 rings (SSSR count). The van der Waals surface area contributed by atoms with Gasteiger partial charge in [0.1, 0.15) is 23.1 Å². The minimum Gasteiger partial charge on any atom is -0.382 e. The molecule has 1 aliphatic rings. The lowest BCUT2D eigenvalue weighted by Gasteiger charge is -2.37. The Hall–Kier alpha value is -2.28. The number of aryl methyl sites for hydroxylation is 1. The minimum absolute atomic E-state index is 0.158. The largest absolute Gasteiger partial charge is 0.382 e. The van der Waals surface area contributed by atoms with E-state index in [-0.39, 0.29) is 18.7 Å². The first-order valence-corrected chi connectivity index (χ1v) is 7.35. The summed E-state index contributed by atoms with van der Waals surface area (Å²) in [5, 5.41) is 10.7. The fourth-order valence-electron chi connectivity index (χ4n) is 2.95. The molecule has 1 fully saturated rings. The SMILES string of the molecule is Cn1ccnc1C1(O)CCN(C(=O)c2ccc(F)cc2F)CC1. The summed E-state index contributed by atoms with van der Waals surface area (Å²) in [6, 6.07) is 2.90. The lowest BCUT2D eigenvalue weighted by atomic mass is 9.90. The van der Waals surface area contributed by atoms with E-state index in [4.69, 9.17) is 0 Å². The summed E-state index contributed by atoms with van der Waals surface area (Å²) in [6.07, 6.45) is 3.98. The van der Waals surface area contributed by atoms with Gasteiger partial charge in [-0.05, 0) is 12.1 Å². The van der Waals surface area contributed by atoms with Gasteiger partial charge in [-0.15, -0.1) is 0 Å². The standard InChI is InChI=1S/C16H17F2N3O2/c1-20-9-6-19-15(20)16(23)4-7-21(8-5-16)14(22)12-3-2-11(17)10-13(12)18/h2-3,6,9-10,23H,4-5,7-8H2,1H3. The summed E-state index contributed by atoms with van der Waals surface area (Å²) in [6.45, 7) is 0.554. The molecule has 2 aromatic rings. The number of hydrogen-bond donors (Lipinski definition) is 1. The Morgan fingerprint density at radius 2 is 2.00 bits per heavy atom. The molecule has 1 aliphatic heterocycles. The van der Waals surface area contributed by atoms with Crippen molar-refractivity contribution >= 4 is 5.91 Å². The van der Waals surface area contributed by atoms with E-state index in [2.05, 4.69) is 4.98 Å². The van der Waals surface area contributed by atoms with Crippen molar-refractivity contribution in [3.05, 3.63) is 53.6 Å². The molecular weight excluding hydrogens is 304 g/mol. The number of piperidine rings is 1. The maximum atomic E-state index is 13.7. The third kappa shape index (κ3) is 2.84. The Bertz CT molecular complexity index is 737. The van der Waals surface area contributed by atoms with Gasteiger partial charge in [-0.2, -0.15) is 0 Å². The molecule has 1 aromatic heterocycles. The molecular formula is C16H17F2N3O2. The molecule has 2 heterocycles. The molecule has 0 bridgehead atoms. The van der Waals surface area contributed by atoms with E-state index in [9.17, 15) is 18.7 Å². The Labute approximate surface area is 132 Å². The molecule has 23 heavy (non-hydrogen) atoms. The Kier molecular flexibility index (Phi) is 3.89. The summed E-state index contributed by atoms with van der Waals surface area (Å²) >= 11 is 0. The molecule has 0 atom stereocenters. The van der Waals surface area contributed by atoms with Crippen LogP contribution in [0.4, 0.5) is 8.78 Å². The molecule has 1 saturated heterocycles. The van der Waals surface area contributed by atoms with Crippen LogP contribution >= 0.6 is 0 Å². The van der Waals surface area contributed by atoms with Gasteiger partial charge in [0.15, 0.2) is 0 Å². The maximum absolute atomic E-state index is 13.7. The van der Waals surface area contributed by atoms with Gasteiger partial charge in [0.2, 0.25) is 0 Å². The topological polar surface area (TPSA) is 58.4 Å². The van der Waals surface area contributed by atoms with Crippen LogP contribution in [-0.2, 0) is 12.6 Å². The molecule has 0 unspecified atom stereocenters. The van der Waals surface area contributed by atoms with E-state index < -0.39 is 23.1 Å². The number of imidazole rings is 1. The third-order valence-electron chi connectivity index (χ3n) is 4.28. The number of carbonyl (C=O) groups excluding carboxylic acids is 1. The lowest BCUT2D eigenvalue weighted by molar-refractivity contribution is -0.0298. The van der Waals surface area contributed by atoms with E-state index in [1.54, 1.807) is 24.0 Å². The van der Waals surface area contributed by atoms with Crippen LogP contribution in [0.5, 0.6) is 0 Å². The van der Waals surface area contributed by atoms with Crippen molar-refractivity contribution < 1.29 is 18.7 Å². The molecule has 5 nitrogen and oxygen atoms in total. The van der Waals surface area contributed by atoms with Crippen molar-refractivity contribution in [1.82, 2.24) is 14.5 Å². The van der Waals surface area contributed by atoms with Gasteiger partial charge < -0.3 is 14.6 Å². The van der Waals surface area contributed by atoms with Crippen molar-refractivity contribution in [2.45, 2.75) is 18.4 Å². The number of hydrogen-bond acceptors (Lipinski definition) is 3.